The van der Waals surface area contributed by atoms with Gasteiger partial charge in [0.05, 0.1) is 19.3 Å². The van der Waals surface area contributed by atoms with Crippen LogP contribution in [0.4, 0.5) is 0 Å². The van der Waals surface area contributed by atoms with Crippen LogP contribution in [0.5, 0.6) is 5.75 Å². The fourth-order valence-electron chi connectivity index (χ4n) is 2.36. The van der Waals surface area contributed by atoms with Gasteiger partial charge in [-0.15, -0.1) is 0 Å². The van der Waals surface area contributed by atoms with Gasteiger partial charge in [-0.1, -0.05) is 24.4 Å². The molecule has 0 spiro atoms. The van der Waals surface area contributed by atoms with Crippen LogP contribution < -0.4 is 4.74 Å². The molecule has 0 aliphatic carbocycles. The molecule has 0 amide bonds. The maximum absolute atomic E-state index is 11.9. The Bertz CT molecular complexity index is 494. The molecule has 1 saturated heterocycles. The van der Waals surface area contributed by atoms with Crippen LogP contribution in [0.1, 0.15) is 46.0 Å². The van der Waals surface area contributed by atoms with Crippen molar-refractivity contribution in [3.05, 3.63) is 29.3 Å². The van der Waals surface area contributed by atoms with Crippen molar-refractivity contribution in [1.82, 2.24) is 0 Å². The molecule has 0 bridgehead atoms. The Morgan fingerprint density at radius 1 is 1.22 bits per heavy atom. The number of hydrogen-bond acceptors (Lipinski definition) is 4. The molecule has 0 N–H and O–H groups in total. The van der Waals surface area contributed by atoms with Gasteiger partial charge in [0.2, 0.25) is 0 Å². The number of ether oxygens (including phenoxy) is 3. The Labute approximate surface area is 143 Å². The number of esters is 1. The maximum Gasteiger partial charge on any atom is 0.341 e. The van der Waals surface area contributed by atoms with Gasteiger partial charge in [-0.2, -0.15) is 0 Å². The molecule has 2 rings (SSSR count). The maximum atomic E-state index is 11.9. The third-order valence-electron chi connectivity index (χ3n) is 3.76. The number of carbonyl (C=O) groups excluding carboxylic acids is 1. The second-order valence-electron chi connectivity index (χ2n) is 6.20. The van der Waals surface area contributed by atoms with Crippen LogP contribution in [0, 0.1) is 0 Å². The number of hydrogen-bond donors (Lipinski definition) is 0. The van der Waals surface area contributed by atoms with E-state index >= 15 is 0 Å². The molecule has 1 aromatic carbocycles. The van der Waals surface area contributed by atoms with Crippen molar-refractivity contribution < 1.29 is 19.0 Å². The van der Waals surface area contributed by atoms with E-state index in [0.29, 0.717) is 18.2 Å². The van der Waals surface area contributed by atoms with Crippen molar-refractivity contribution in [1.29, 1.82) is 0 Å². The molecule has 0 saturated carbocycles. The highest BCUT2D eigenvalue weighted by Crippen LogP contribution is 2.34. The summed E-state index contributed by atoms with van der Waals surface area (Å²) in [4.78, 5) is 11.9. The number of benzene rings is 1. The second-order valence-corrected chi connectivity index (χ2v) is 6.64. The largest absolute Gasteiger partial charge is 0.494 e. The molecule has 23 heavy (non-hydrogen) atoms. The molecule has 1 heterocycles. The van der Waals surface area contributed by atoms with Crippen LogP contribution in [-0.4, -0.2) is 30.9 Å². The topological polar surface area (TPSA) is 48.1 Å². The number of unbranched alkanes of at least 4 members (excludes halogenated alkanes) is 3. The van der Waals surface area contributed by atoms with Gasteiger partial charge in [0, 0.05) is 5.02 Å². The molecule has 1 aliphatic heterocycles. The zero-order valence-corrected chi connectivity index (χ0v) is 14.6. The minimum atomic E-state index is -0.649. The van der Waals surface area contributed by atoms with Crippen molar-refractivity contribution in [3.8, 4) is 5.75 Å². The van der Waals surface area contributed by atoms with Crippen molar-refractivity contribution in [2.24, 2.45) is 0 Å². The molecule has 1 fully saturated rings. The van der Waals surface area contributed by atoms with E-state index in [4.69, 9.17) is 25.8 Å². The zero-order chi connectivity index (χ0) is 16.7. The fraction of sp³-hybridized carbons (Fsp3) is 0.611. The van der Waals surface area contributed by atoms with Gasteiger partial charge < -0.3 is 14.2 Å². The summed E-state index contributed by atoms with van der Waals surface area (Å²) < 4.78 is 16.2. The number of carbonyl (C=O) groups is 1. The van der Waals surface area contributed by atoms with Gasteiger partial charge in [-0.05, 0) is 57.4 Å². The zero-order valence-electron chi connectivity index (χ0n) is 13.8. The van der Waals surface area contributed by atoms with Gasteiger partial charge >= 0.3 is 5.97 Å². The first kappa shape index (κ1) is 18.1. The summed E-state index contributed by atoms with van der Waals surface area (Å²) in [5, 5.41) is 0.713. The number of rotatable bonds is 10. The van der Waals surface area contributed by atoms with Gasteiger partial charge in [0.15, 0.2) is 5.60 Å². The van der Waals surface area contributed by atoms with Gasteiger partial charge in [-0.25, -0.2) is 4.79 Å². The lowest BCUT2D eigenvalue weighted by atomic mass is 10.0. The van der Waals surface area contributed by atoms with E-state index in [1.807, 2.05) is 38.1 Å². The van der Waals surface area contributed by atoms with Crippen molar-refractivity contribution in [2.75, 3.05) is 13.2 Å². The van der Waals surface area contributed by atoms with Crippen molar-refractivity contribution in [2.45, 2.75) is 57.7 Å². The molecule has 0 radical (unpaired) electrons. The Morgan fingerprint density at radius 3 is 2.48 bits per heavy atom. The van der Waals surface area contributed by atoms with Crippen LogP contribution in [-0.2, 0) is 14.3 Å². The van der Waals surface area contributed by atoms with Crippen molar-refractivity contribution >= 4 is 17.6 Å². The van der Waals surface area contributed by atoms with E-state index in [1.165, 1.54) is 0 Å². The first-order valence-electron chi connectivity index (χ1n) is 8.25. The van der Waals surface area contributed by atoms with E-state index in [0.717, 1.165) is 37.9 Å². The minimum absolute atomic E-state index is 0.0893. The second kappa shape index (κ2) is 8.55. The summed E-state index contributed by atoms with van der Waals surface area (Å²) in [6.07, 6.45) is 4.75. The quantitative estimate of drug-likeness (QED) is 0.360. The monoisotopic (exact) mass is 340 g/mol. The summed E-state index contributed by atoms with van der Waals surface area (Å²) in [5.74, 6) is 0.634. The highest BCUT2D eigenvalue weighted by molar-refractivity contribution is 6.30. The normalized spacial score (nSPS) is 19.7. The molecule has 5 heteroatoms. The summed E-state index contributed by atoms with van der Waals surface area (Å²) in [7, 11) is 0. The predicted molar refractivity (Wildman–Crippen MR) is 89.9 cm³/mol. The van der Waals surface area contributed by atoms with Crippen LogP contribution in [0.25, 0.3) is 0 Å². The first-order chi connectivity index (χ1) is 11.0. The van der Waals surface area contributed by atoms with E-state index in [-0.39, 0.29) is 12.1 Å². The molecule has 1 atom stereocenters. The molecule has 128 valence electrons. The molecule has 1 aliphatic rings. The average molecular weight is 341 g/mol. The van der Waals surface area contributed by atoms with Gasteiger partial charge in [-0.3, -0.25) is 0 Å². The van der Waals surface area contributed by atoms with E-state index in [1.54, 1.807) is 0 Å². The van der Waals surface area contributed by atoms with E-state index < -0.39 is 5.60 Å². The lowest BCUT2D eigenvalue weighted by Gasteiger charge is -2.13. The summed E-state index contributed by atoms with van der Waals surface area (Å²) in [6.45, 7) is 4.90. The number of epoxide rings is 1. The fourth-order valence-corrected chi connectivity index (χ4v) is 2.49. The molecular formula is C18H25ClO4. The van der Waals surface area contributed by atoms with Crippen LogP contribution in [0.15, 0.2) is 24.3 Å². The van der Waals surface area contributed by atoms with E-state index in [9.17, 15) is 4.79 Å². The van der Waals surface area contributed by atoms with E-state index in [2.05, 4.69) is 0 Å². The Kier molecular flexibility index (Phi) is 6.72. The Morgan fingerprint density at radius 2 is 1.87 bits per heavy atom. The SMILES string of the molecule is CC(C)OC(=O)C1(CCCCCCOc2ccc(Cl)cc2)CO1. The molecule has 0 aromatic heterocycles. The highest BCUT2D eigenvalue weighted by atomic mass is 35.5. The average Bonchev–Trinajstić information content (AvgIpc) is 3.29. The minimum Gasteiger partial charge on any atom is -0.494 e. The summed E-state index contributed by atoms with van der Waals surface area (Å²) >= 11 is 5.82. The molecule has 1 aromatic rings. The molecular weight excluding hydrogens is 316 g/mol. The smallest absolute Gasteiger partial charge is 0.341 e. The standard InChI is InChI=1S/C18H25ClO4/c1-14(2)23-17(20)18(13-22-18)11-5-3-4-6-12-21-16-9-7-15(19)8-10-16/h7-10,14H,3-6,11-13H2,1-2H3. The van der Waals surface area contributed by atoms with Crippen molar-refractivity contribution in [3.63, 3.8) is 0 Å². The Balaban J connectivity index is 1.53. The van der Waals surface area contributed by atoms with Crippen LogP contribution >= 0.6 is 11.6 Å². The predicted octanol–water partition coefficient (Wildman–Crippen LogP) is 4.39. The highest BCUT2D eigenvalue weighted by Gasteiger charge is 2.53. The van der Waals surface area contributed by atoms with Crippen LogP contribution in [0.2, 0.25) is 5.02 Å². The number of halogens is 1. The molecule has 1 unspecified atom stereocenters. The lowest BCUT2D eigenvalue weighted by Crippen LogP contribution is -2.29. The first-order valence-corrected chi connectivity index (χ1v) is 8.63. The van der Waals surface area contributed by atoms with Crippen LogP contribution in [0.3, 0.4) is 0 Å². The molecule has 4 nitrogen and oxygen atoms in total. The lowest BCUT2D eigenvalue weighted by molar-refractivity contribution is -0.154. The van der Waals surface area contributed by atoms with Gasteiger partial charge in [0.1, 0.15) is 5.75 Å². The third-order valence-corrected chi connectivity index (χ3v) is 4.02. The van der Waals surface area contributed by atoms with Gasteiger partial charge in [0.25, 0.3) is 0 Å². The Hall–Kier alpha value is -1.26. The summed E-state index contributed by atoms with van der Waals surface area (Å²) in [6, 6.07) is 7.39. The third kappa shape index (κ3) is 6.04. The summed E-state index contributed by atoms with van der Waals surface area (Å²) in [5.41, 5.74) is -0.649.